The number of hydrogen-bond donors (Lipinski definition) is 2. The van der Waals surface area contributed by atoms with Gasteiger partial charge in [0.05, 0.1) is 17.6 Å². The van der Waals surface area contributed by atoms with Crippen LogP contribution in [0.5, 0.6) is 0 Å². The summed E-state index contributed by atoms with van der Waals surface area (Å²) in [6.07, 6.45) is 1.50. The molecule has 5 rings (SSSR count). The molecule has 0 unspecified atom stereocenters. The minimum atomic E-state index is -0.642. The van der Waals surface area contributed by atoms with Gasteiger partial charge in [-0.2, -0.15) is 0 Å². The molecule has 37 heavy (non-hydrogen) atoms. The molecular formula is C25H21F2N7O3. The highest BCUT2D eigenvalue weighted by Gasteiger charge is 2.23. The van der Waals surface area contributed by atoms with Gasteiger partial charge in [0, 0.05) is 31.7 Å². The van der Waals surface area contributed by atoms with Crippen LogP contribution in [0.15, 0.2) is 71.3 Å². The van der Waals surface area contributed by atoms with Gasteiger partial charge >= 0.3 is 17.8 Å². The standard InChI is InChI=1S/C25H21F2N7O3/c26-17-7-5-16(6-8-17)24(36)34-13-11-33(12-14-34)21-10-9-18(15-28-21)29-22(35)23-31-32-25(37-23)30-20-4-2-1-3-19(20)27/h1-10,15H,11-14H2,(H,29,35)(H,30,32). The minimum absolute atomic E-state index is 0.124. The fourth-order valence-corrected chi connectivity index (χ4v) is 3.79. The van der Waals surface area contributed by atoms with Gasteiger partial charge < -0.3 is 24.9 Å². The molecule has 188 valence electrons. The number of rotatable bonds is 6. The van der Waals surface area contributed by atoms with E-state index in [0.717, 1.165) is 0 Å². The Morgan fingerprint density at radius 1 is 0.892 bits per heavy atom. The Kier molecular flexibility index (Phi) is 6.70. The Labute approximate surface area is 209 Å². The topological polar surface area (TPSA) is 116 Å². The lowest BCUT2D eigenvalue weighted by molar-refractivity contribution is 0.0746. The summed E-state index contributed by atoms with van der Waals surface area (Å²) in [6, 6.07) is 14.8. The molecule has 3 heterocycles. The van der Waals surface area contributed by atoms with Crippen molar-refractivity contribution in [3.63, 3.8) is 0 Å². The zero-order chi connectivity index (χ0) is 25.8. The number of para-hydroxylation sites is 1. The van der Waals surface area contributed by atoms with Gasteiger partial charge in [0.15, 0.2) is 0 Å². The van der Waals surface area contributed by atoms with E-state index < -0.39 is 11.7 Å². The Bertz CT molecular complexity index is 1400. The van der Waals surface area contributed by atoms with Crippen molar-refractivity contribution in [2.75, 3.05) is 41.7 Å². The normalized spacial score (nSPS) is 13.4. The van der Waals surface area contributed by atoms with Crippen molar-refractivity contribution in [1.82, 2.24) is 20.1 Å². The van der Waals surface area contributed by atoms with Crippen LogP contribution in [0, 0.1) is 11.6 Å². The van der Waals surface area contributed by atoms with E-state index in [4.69, 9.17) is 4.42 Å². The van der Waals surface area contributed by atoms with Gasteiger partial charge in [-0.3, -0.25) is 9.59 Å². The summed E-state index contributed by atoms with van der Waals surface area (Å²) in [5.74, 6) is -1.27. The lowest BCUT2D eigenvalue weighted by Gasteiger charge is -2.35. The lowest BCUT2D eigenvalue weighted by atomic mass is 10.2. The maximum absolute atomic E-state index is 13.8. The third-order valence-corrected chi connectivity index (χ3v) is 5.72. The molecular weight excluding hydrogens is 484 g/mol. The minimum Gasteiger partial charge on any atom is -0.399 e. The van der Waals surface area contributed by atoms with E-state index in [1.165, 1.54) is 42.6 Å². The molecule has 0 atom stereocenters. The van der Waals surface area contributed by atoms with E-state index in [1.807, 2.05) is 4.90 Å². The number of nitrogens with one attached hydrogen (secondary N) is 2. The van der Waals surface area contributed by atoms with Crippen LogP contribution in [0.1, 0.15) is 21.0 Å². The van der Waals surface area contributed by atoms with Crippen LogP contribution in [0.25, 0.3) is 0 Å². The Balaban J connectivity index is 1.14. The summed E-state index contributed by atoms with van der Waals surface area (Å²) in [7, 11) is 0. The summed E-state index contributed by atoms with van der Waals surface area (Å²) in [4.78, 5) is 33.2. The van der Waals surface area contributed by atoms with Gasteiger partial charge in [-0.1, -0.05) is 17.2 Å². The van der Waals surface area contributed by atoms with E-state index in [-0.39, 0.29) is 29.3 Å². The molecule has 10 nitrogen and oxygen atoms in total. The molecule has 2 amide bonds. The third kappa shape index (κ3) is 5.53. The molecule has 1 fully saturated rings. The number of piperazine rings is 1. The van der Waals surface area contributed by atoms with E-state index in [0.29, 0.717) is 43.2 Å². The molecule has 0 radical (unpaired) electrons. The third-order valence-electron chi connectivity index (χ3n) is 5.72. The largest absolute Gasteiger partial charge is 0.399 e. The number of carbonyl (C=O) groups excluding carboxylic acids is 2. The Morgan fingerprint density at radius 3 is 2.35 bits per heavy atom. The molecule has 4 aromatic rings. The van der Waals surface area contributed by atoms with E-state index in [2.05, 4.69) is 25.8 Å². The van der Waals surface area contributed by atoms with Crippen LogP contribution in [-0.4, -0.2) is 58.1 Å². The van der Waals surface area contributed by atoms with Crippen molar-refractivity contribution in [2.24, 2.45) is 0 Å². The van der Waals surface area contributed by atoms with Gasteiger partial charge in [0.1, 0.15) is 17.5 Å². The SMILES string of the molecule is O=C(Nc1ccc(N2CCN(C(=O)c3ccc(F)cc3)CC2)nc1)c1nnc(Nc2ccccc2F)o1. The average Bonchev–Trinajstić information content (AvgIpc) is 3.39. The second-order valence-corrected chi connectivity index (χ2v) is 8.16. The van der Waals surface area contributed by atoms with Crippen molar-refractivity contribution >= 4 is 35.0 Å². The first kappa shape index (κ1) is 23.9. The number of halogens is 2. The van der Waals surface area contributed by atoms with Crippen LogP contribution in [-0.2, 0) is 0 Å². The number of anilines is 4. The fraction of sp³-hybridized carbons (Fsp3) is 0.160. The molecule has 2 aromatic heterocycles. The second kappa shape index (κ2) is 10.4. The maximum Gasteiger partial charge on any atom is 0.320 e. The molecule has 1 aliphatic heterocycles. The monoisotopic (exact) mass is 505 g/mol. The number of pyridine rings is 1. The lowest BCUT2D eigenvalue weighted by Crippen LogP contribution is -2.49. The Morgan fingerprint density at radius 2 is 1.65 bits per heavy atom. The molecule has 0 bridgehead atoms. The quantitative estimate of drug-likeness (QED) is 0.408. The first-order valence-electron chi connectivity index (χ1n) is 11.4. The summed E-state index contributed by atoms with van der Waals surface area (Å²) >= 11 is 0. The van der Waals surface area contributed by atoms with E-state index in [1.54, 1.807) is 29.2 Å². The molecule has 1 aliphatic rings. The van der Waals surface area contributed by atoms with Crippen LogP contribution < -0.4 is 15.5 Å². The smallest absolute Gasteiger partial charge is 0.320 e. The molecule has 0 saturated carbocycles. The molecule has 1 saturated heterocycles. The van der Waals surface area contributed by atoms with Crippen LogP contribution in [0.2, 0.25) is 0 Å². The predicted octanol–water partition coefficient (Wildman–Crippen LogP) is 3.70. The first-order valence-corrected chi connectivity index (χ1v) is 11.4. The van der Waals surface area contributed by atoms with Crippen molar-refractivity contribution < 1.29 is 22.8 Å². The first-order chi connectivity index (χ1) is 18.0. The number of benzene rings is 2. The molecule has 12 heteroatoms. The highest BCUT2D eigenvalue weighted by molar-refractivity contribution is 6.00. The van der Waals surface area contributed by atoms with E-state index >= 15 is 0 Å². The zero-order valence-corrected chi connectivity index (χ0v) is 19.4. The van der Waals surface area contributed by atoms with Crippen molar-refractivity contribution in [1.29, 1.82) is 0 Å². The molecule has 2 aromatic carbocycles. The van der Waals surface area contributed by atoms with Crippen LogP contribution in [0.3, 0.4) is 0 Å². The van der Waals surface area contributed by atoms with Gasteiger partial charge in [0.2, 0.25) is 0 Å². The van der Waals surface area contributed by atoms with Gasteiger partial charge in [-0.25, -0.2) is 13.8 Å². The molecule has 0 spiro atoms. The number of hydrogen-bond acceptors (Lipinski definition) is 8. The Hall–Kier alpha value is -4.87. The van der Waals surface area contributed by atoms with Crippen molar-refractivity contribution in [3.8, 4) is 0 Å². The number of nitrogens with zero attached hydrogens (tertiary/aromatic N) is 5. The summed E-state index contributed by atoms with van der Waals surface area (Å²) in [6.45, 7) is 2.14. The molecule has 2 N–H and O–H groups in total. The zero-order valence-electron chi connectivity index (χ0n) is 19.4. The second-order valence-electron chi connectivity index (χ2n) is 8.16. The number of amides is 2. The number of aromatic nitrogens is 3. The van der Waals surface area contributed by atoms with Gasteiger partial charge in [0.25, 0.3) is 5.91 Å². The van der Waals surface area contributed by atoms with Gasteiger partial charge in [-0.15, -0.1) is 5.10 Å². The summed E-state index contributed by atoms with van der Waals surface area (Å²) in [5.41, 5.74) is 1.00. The molecule has 0 aliphatic carbocycles. The number of carbonyl (C=O) groups is 2. The predicted molar refractivity (Wildman–Crippen MR) is 131 cm³/mol. The van der Waals surface area contributed by atoms with Crippen LogP contribution in [0.4, 0.5) is 32.0 Å². The van der Waals surface area contributed by atoms with Crippen molar-refractivity contribution in [2.45, 2.75) is 0 Å². The van der Waals surface area contributed by atoms with Gasteiger partial charge in [-0.05, 0) is 48.5 Å². The van der Waals surface area contributed by atoms with E-state index in [9.17, 15) is 18.4 Å². The fourth-order valence-electron chi connectivity index (χ4n) is 3.79. The summed E-state index contributed by atoms with van der Waals surface area (Å²) < 4.78 is 32.1. The highest BCUT2D eigenvalue weighted by Crippen LogP contribution is 2.20. The average molecular weight is 505 g/mol. The van der Waals surface area contributed by atoms with Crippen LogP contribution >= 0.6 is 0 Å². The highest BCUT2D eigenvalue weighted by atomic mass is 19.1. The van der Waals surface area contributed by atoms with Crippen molar-refractivity contribution in [3.05, 3.63) is 89.9 Å². The maximum atomic E-state index is 13.8. The summed E-state index contributed by atoms with van der Waals surface area (Å²) in [5, 5.41) is 12.6.